The molecule has 0 saturated carbocycles. The first-order valence-corrected chi connectivity index (χ1v) is 5.86. The van der Waals surface area contributed by atoms with Crippen LogP contribution < -0.4 is 10.1 Å². The zero-order chi connectivity index (χ0) is 12.7. The molecule has 1 aromatic carbocycles. The highest BCUT2D eigenvalue weighted by molar-refractivity contribution is 5.31. The standard InChI is InChI=1S/C14H21NO2/c1-4-12(3)15-9-13(16)10-17-14-8-6-5-7-11(14)2/h4-8,12-13,15-16H,1,9-10H2,2-3H3. The molecule has 0 bridgehead atoms. The lowest BCUT2D eigenvalue weighted by Crippen LogP contribution is -2.35. The summed E-state index contributed by atoms with van der Waals surface area (Å²) in [6.45, 7) is 8.43. The monoisotopic (exact) mass is 235 g/mol. The van der Waals surface area contributed by atoms with Crippen LogP contribution in [-0.2, 0) is 0 Å². The summed E-state index contributed by atoms with van der Waals surface area (Å²) in [5.74, 6) is 0.823. The molecule has 1 aromatic rings. The van der Waals surface area contributed by atoms with Crippen molar-refractivity contribution in [3.05, 3.63) is 42.5 Å². The third kappa shape index (κ3) is 5.02. The number of rotatable bonds is 7. The van der Waals surface area contributed by atoms with Crippen LogP contribution in [0.1, 0.15) is 12.5 Å². The second-order valence-corrected chi connectivity index (χ2v) is 4.16. The van der Waals surface area contributed by atoms with Crippen molar-refractivity contribution in [1.82, 2.24) is 5.32 Å². The normalized spacial score (nSPS) is 14.1. The fourth-order valence-corrected chi connectivity index (χ4v) is 1.37. The molecule has 2 atom stereocenters. The lowest BCUT2D eigenvalue weighted by Gasteiger charge is -2.16. The molecule has 0 aliphatic heterocycles. The minimum atomic E-state index is -0.517. The second kappa shape index (κ2) is 7.09. The third-order valence-electron chi connectivity index (χ3n) is 2.55. The van der Waals surface area contributed by atoms with Gasteiger partial charge in [-0.1, -0.05) is 24.3 Å². The second-order valence-electron chi connectivity index (χ2n) is 4.16. The number of aliphatic hydroxyl groups excluding tert-OH is 1. The van der Waals surface area contributed by atoms with Crippen LogP contribution in [0.4, 0.5) is 0 Å². The molecule has 0 saturated heterocycles. The molecule has 0 radical (unpaired) electrons. The lowest BCUT2D eigenvalue weighted by molar-refractivity contribution is 0.105. The zero-order valence-electron chi connectivity index (χ0n) is 10.5. The number of ether oxygens (including phenoxy) is 1. The van der Waals surface area contributed by atoms with Crippen LogP contribution in [0.5, 0.6) is 5.75 Å². The summed E-state index contributed by atoms with van der Waals surface area (Å²) in [6.07, 6.45) is 1.28. The smallest absolute Gasteiger partial charge is 0.122 e. The zero-order valence-corrected chi connectivity index (χ0v) is 10.5. The number of hydrogen-bond donors (Lipinski definition) is 2. The van der Waals surface area contributed by atoms with Gasteiger partial charge >= 0.3 is 0 Å². The van der Waals surface area contributed by atoms with Gasteiger partial charge < -0.3 is 15.2 Å². The summed E-state index contributed by atoms with van der Waals surface area (Å²) in [5.41, 5.74) is 1.08. The Hall–Kier alpha value is -1.32. The quantitative estimate of drug-likeness (QED) is 0.709. The van der Waals surface area contributed by atoms with Crippen molar-refractivity contribution in [3.63, 3.8) is 0 Å². The van der Waals surface area contributed by atoms with Gasteiger partial charge in [0.1, 0.15) is 18.5 Å². The molecule has 2 unspecified atom stereocenters. The summed E-state index contributed by atoms with van der Waals surface area (Å²) in [6, 6.07) is 7.98. The minimum Gasteiger partial charge on any atom is -0.491 e. The molecular weight excluding hydrogens is 214 g/mol. The number of hydrogen-bond acceptors (Lipinski definition) is 3. The van der Waals surface area contributed by atoms with E-state index in [0.717, 1.165) is 11.3 Å². The molecule has 0 heterocycles. The average Bonchev–Trinajstić information content (AvgIpc) is 2.35. The van der Waals surface area contributed by atoms with Gasteiger partial charge in [0, 0.05) is 12.6 Å². The van der Waals surface area contributed by atoms with Crippen molar-refractivity contribution < 1.29 is 9.84 Å². The van der Waals surface area contributed by atoms with Crippen LogP contribution in [-0.4, -0.2) is 30.4 Å². The molecule has 3 nitrogen and oxygen atoms in total. The molecule has 0 aliphatic carbocycles. The van der Waals surface area contributed by atoms with E-state index in [-0.39, 0.29) is 6.04 Å². The Balaban J connectivity index is 2.31. The first-order chi connectivity index (χ1) is 8.13. The maximum atomic E-state index is 9.72. The van der Waals surface area contributed by atoms with E-state index in [2.05, 4.69) is 11.9 Å². The highest BCUT2D eigenvalue weighted by atomic mass is 16.5. The molecule has 17 heavy (non-hydrogen) atoms. The average molecular weight is 235 g/mol. The SMILES string of the molecule is C=CC(C)NCC(O)COc1ccccc1C. The highest BCUT2D eigenvalue weighted by Crippen LogP contribution is 2.16. The van der Waals surface area contributed by atoms with Crippen LogP contribution in [0.15, 0.2) is 36.9 Å². The maximum Gasteiger partial charge on any atom is 0.122 e. The van der Waals surface area contributed by atoms with Gasteiger partial charge in [0.15, 0.2) is 0 Å². The van der Waals surface area contributed by atoms with Crippen molar-refractivity contribution in [1.29, 1.82) is 0 Å². The van der Waals surface area contributed by atoms with E-state index in [1.165, 1.54) is 0 Å². The van der Waals surface area contributed by atoms with Gasteiger partial charge in [0.25, 0.3) is 0 Å². The number of nitrogens with one attached hydrogen (secondary N) is 1. The van der Waals surface area contributed by atoms with Gasteiger partial charge in [-0.2, -0.15) is 0 Å². The fraction of sp³-hybridized carbons (Fsp3) is 0.429. The predicted octanol–water partition coefficient (Wildman–Crippen LogP) is 1.90. The topological polar surface area (TPSA) is 41.5 Å². The Morgan fingerprint density at radius 1 is 1.47 bits per heavy atom. The maximum absolute atomic E-state index is 9.72. The van der Waals surface area contributed by atoms with Gasteiger partial charge in [0.05, 0.1) is 0 Å². The van der Waals surface area contributed by atoms with Gasteiger partial charge in [-0.15, -0.1) is 6.58 Å². The summed E-state index contributed by atoms with van der Waals surface area (Å²) in [7, 11) is 0. The molecule has 3 heteroatoms. The minimum absolute atomic E-state index is 0.197. The Labute approximate surface area is 103 Å². The van der Waals surface area contributed by atoms with Gasteiger partial charge in [-0.3, -0.25) is 0 Å². The summed E-state index contributed by atoms with van der Waals surface area (Å²) in [4.78, 5) is 0. The molecule has 0 aromatic heterocycles. The fourth-order valence-electron chi connectivity index (χ4n) is 1.37. The highest BCUT2D eigenvalue weighted by Gasteiger charge is 2.07. The van der Waals surface area contributed by atoms with Gasteiger partial charge in [-0.05, 0) is 25.5 Å². The van der Waals surface area contributed by atoms with Crippen molar-refractivity contribution in [3.8, 4) is 5.75 Å². The van der Waals surface area contributed by atoms with Crippen LogP contribution in [0.2, 0.25) is 0 Å². The molecule has 0 fully saturated rings. The van der Waals surface area contributed by atoms with Gasteiger partial charge in [0.2, 0.25) is 0 Å². The van der Waals surface area contributed by atoms with Crippen LogP contribution in [0.3, 0.4) is 0 Å². The van der Waals surface area contributed by atoms with E-state index < -0.39 is 6.10 Å². The van der Waals surface area contributed by atoms with E-state index in [9.17, 15) is 5.11 Å². The Bertz CT molecular complexity index is 352. The van der Waals surface area contributed by atoms with E-state index in [0.29, 0.717) is 13.2 Å². The molecule has 94 valence electrons. The van der Waals surface area contributed by atoms with E-state index in [1.54, 1.807) is 6.08 Å². The molecule has 2 N–H and O–H groups in total. The number of benzene rings is 1. The first-order valence-electron chi connectivity index (χ1n) is 5.86. The van der Waals surface area contributed by atoms with E-state index in [1.807, 2.05) is 38.1 Å². The molecule has 0 amide bonds. The Morgan fingerprint density at radius 3 is 2.82 bits per heavy atom. The van der Waals surface area contributed by atoms with Crippen LogP contribution in [0, 0.1) is 6.92 Å². The Kier molecular flexibility index (Phi) is 5.73. The number of aliphatic hydroxyl groups is 1. The molecule has 0 aliphatic rings. The number of aryl methyl sites for hydroxylation is 1. The molecular formula is C14H21NO2. The van der Waals surface area contributed by atoms with E-state index in [4.69, 9.17) is 4.74 Å². The lowest BCUT2D eigenvalue weighted by atomic mass is 10.2. The molecule has 0 spiro atoms. The summed E-state index contributed by atoms with van der Waals surface area (Å²) in [5, 5.41) is 12.9. The van der Waals surface area contributed by atoms with Crippen LogP contribution >= 0.6 is 0 Å². The van der Waals surface area contributed by atoms with Crippen LogP contribution in [0.25, 0.3) is 0 Å². The summed E-state index contributed by atoms with van der Waals surface area (Å²) < 4.78 is 5.55. The number of para-hydroxylation sites is 1. The van der Waals surface area contributed by atoms with Crippen molar-refractivity contribution in [2.24, 2.45) is 0 Å². The molecule has 1 rings (SSSR count). The first kappa shape index (κ1) is 13.7. The largest absolute Gasteiger partial charge is 0.491 e. The van der Waals surface area contributed by atoms with Crippen molar-refractivity contribution in [2.45, 2.75) is 26.0 Å². The van der Waals surface area contributed by atoms with Gasteiger partial charge in [-0.25, -0.2) is 0 Å². The van der Waals surface area contributed by atoms with Crippen molar-refractivity contribution in [2.75, 3.05) is 13.2 Å². The third-order valence-corrected chi connectivity index (χ3v) is 2.55. The summed E-state index contributed by atoms with van der Waals surface area (Å²) >= 11 is 0. The van der Waals surface area contributed by atoms with E-state index >= 15 is 0 Å². The van der Waals surface area contributed by atoms with Crippen molar-refractivity contribution >= 4 is 0 Å². The Morgan fingerprint density at radius 2 is 2.18 bits per heavy atom. The predicted molar refractivity (Wildman–Crippen MR) is 70.3 cm³/mol.